The van der Waals surface area contributed by atoms with Gasteiger partial charge >= 0.3 is 0 Å². The molecule has 0 radical (unpaired) electrons. The second-order valence-corrected chi connectivity index (χ2v) is 7.25. The van der Waals surface area contributed by atoms with E-state index >= 15 is 0 Å². The van der Waals surface area contributed by atoms with Crippen molar-refractivity contribution in [1.29, 1.82) is 0 Å². The summed E-state index contributed by atoms with van der Waals surface area (Å²) in [4.78, 5) is 13.0. The number of rotatable bonds is 2. The van der Waals surface area contributed by atoms with E-state index in [0.717, 1.165) is 41.1 Å². The number of anilines is 1. The molecule has 1 heterocycles. The highest BCUT2D eigenvalue weighted by molar-refractivity contribution is 6.04. The number of ketones is 1. The number of methoxy groups -OCH3 is 1. The number of fused-ring (bicyclic) bond motifs is 3. The molecule has 0 fully saturated rings. The monoisotopic (exact) mass is 355 g/mol. The van der Waals surface area contributed by atoms with Gasteiger partial charge in [0.25, 0.3) is 0 Å². The summed E-state index contributed by atoms with van der Waals surface area (Å²) >= 11 is 0. The molecule has 27 heavy (non-hydrogen) atoms. The first-order valence-corrected chi connectivity index (χ1v) is 9.45. The summed E-state index contributed by atoms with van der Waals surface area (Å²) in [6.45, 7) is 0. The van der Waals surface area contributed by atoms with Gasteiger partial charge < -0.3 is 10.1 Å². The van der Waals surface area contributed by atoms with Crippen LogP contribution in [-0.4, -0.2) is 12.9 Å². The van der Waals surface area contributed by atoms with Crippen LogP contribution in [0, 0.1) is 0 Å². The molecule has 1 atom stereocenters. The Kier molecular flexibility index (Phi) is 3.75. The summed E-state index contributed by atoms with van der Waals surface area (Å²) < 4.78 is 5.33. The molecule has 0 amide bonds. The molecular weight excluding hydrogens is 334 g/mol. The zero-order chi connectivity index (χ0) is 18.4. The van der Waals surface area contributed by atoms with Crippen LogP contribution >= 0.6 is 0 Å². The maximum Gasteiger partial charge on any atom is 0.161 e. The van der Waals surface area contributed by atoms with Crippen LogP contribution in [-0.2, 0) is 4.79 Å². The zero-order valence-electron chi connectivity index (χ0n) is 15.3. The molecule has 2 aliphatic rings. The molecule has 1 aliphatic heterocycles. The summed E-state index contributed by atoms with van der Waals surface area (Å²) in [7, 11) is 1.67. The van der Waals surface area contributed by atoms with Gasteiger partial charge in [0.05, 0.1) is 7.11 Å². The average Bonchev–Trinajstić information content (AvgIpc) is 2.72. The van der Waals surface area contributed by atoms with Gasteiger partial charge in [-0.05, 0) is 52.9 Å². The second kappa shape index (κ2) is 6.27. The Hall–Kier alpha value is -3.07. The Morgan fingerprint density at radius 1 is 0.963 bits per heavy atom. The molecule has 3 nitrogen and oxygen atoms in total. The number of Topliss-reactive ketones (excluding diaryl/α,β-unsaturated/α-hetero) is 1. The quantitative estimate of drug-likeness (QED) is 0.668. The number of hydrogen-bond acceptors (Lipinski definition) is 3. The predicted molar refractivity (Wildman–Crippen MR) is 108 cm³/mol. The largest absolute Gasteiger partial charge is 0.497 e. The summed E-state index contributed by atoms with van der Waals surface area (Å²) in [5.41, 5.74) is 5.48. The van der Waals surface area contributed by atoms with Crippen molar-refractivity contribution in [3.05, 3.63) is 83.1 Å². The Bertz CT molecular complexity index is 1080. The van der Waals surface area contributed by atoms with E-state index in [1.165, 1.54) is 16.3 Å². The number of benzene rings is 3. The molecule has 0 unspecified atom stereocenters. The maximum atomic E-state index is 13.0. The third-order valence-electron chi connectivity index (χ3n) is 5.74. The number of carbonyl (C=O) groups excluding carboxylic acids is 1. The molecule has 1 N–H and O–H groups in total. The van der Waals surface area contributed by atoms with Crippen LogP contribution in [0.1, 0.15) is 36.3 Å². The Balaban J connectivity index is 1.79. The van der Waals surface area contributed by atoms with E-state index in [0.29, 0.717) is 6.42 Å². The zero-order valence-corrected chi connectivity index (χ0v) is 15.3. The molecule has 0 saturated heterocycles. The first-order chi connectivity index (χ1) is 13.3. The second-order valence-electron chi connectivity index (χ2n) is 7.25. The molecule has 3 aromatic rings. The Morgan fingerprint density at radius 2 is 1.78 bits per heavy atom. The minimum absolute atomic E-state index is 0.0407. The van der Waals surface area contributed by atoms with Gasteiger partial charge in [0.1, 0.15) is 5.75 Å². The number of hydrogen-bond donors (Lipinski definition) is 1. The fraction of sp³-hybridized carbons (Fsp3) is 0.208. The molecule has 0 bridgehead atoms. The molecular formula is C24H21NO2. The Morgan fingerprint density at radius 3 is 2.59 bits per heavy atom. The predicted octanol–water partition coefficient (Wildman–Crippen LogP) is 5.41. The van der Waals surface area contributed by atoms with Crippen molar-refractivity contribution in [2.75, 3.05) is 12.4 Å². The number of ether oxygens (including phenoxy) is 1. The summed E-state index contributed by atoms with van der Waals surface area (Å²) in [6.07, 6.45) is 2.48. The summed E-state index contributed by atoms with van der Waals surface area (Å²) in [6, 6.07) is 20.9. The molecule has 1 aliphatic carbocycles. The van der Waals surface area contributed by atoms with Crippen LogP contribution in [0.15, 0.2) is 71.9 Å². The molecule has 3 heteroatoms. The van der Waals surface area contributed by atoms with Gasteiger partial charge in [0, 0.05) is 29.3 Å². The maximum absolute atomic E-state index is 13.0. The van der Waals surface area contributed by atoms with Gasteiger partial charge in [-0.1, -0.05) is 42.5 Å². The smallest absolute Gasteiger partial charge is 0.161 e. The summed E-state index contributed by atoms with van der Waals surface area (Å²) in [5, 5.41) is 5.98. The van der Waals surface area contributed by atoms with Gasteiger partial charge in [-0.2, -0.15) is 0 Å². The first kappa shape index (κ1) is 16.1. The number of nitrogens with one attached hydrogen (secondary N) is 1. The minimum atomic E-state index is -0.0407. The fourth-order valence-corrected chi connectivity index (χ4v) is 4.48. The highest BCUT2D eigenvalue weighted by Crippen LogP contribution is 2.48. The standard InChI is InChI=1S/C24H21NO2/c1-27-17-12-9-16(10-13-17)22-23-18-6-3-2-5-15(18)11-14-20(23)25-19-7-4-8-21(26)24(19)22/h2-3,5-6,9-14,22,25H,4,7-8H2,1H3/t22-/m0/s1. The molecule has 5 rings (SSSR count). The van der Waals surface area contributed by atoms with Crippen molar-refractivity contribution in [2.24, 2.45) is 0 Å². The van der Waals surface area contributed by atoms with Crippen LogP contribution < -0.4 is 10.1 Å². The van der Waals surface area contributed by atoms with E-state index in [-0.39, 0.29) is 11.7 Å². The van der Waals surface area contributed by atoms with Crippen LogP contribution in [0.25, 0.3) is 10.8 Å². The average molecular weight is 355 g/mol. The lowest BCUT2D eigenvalue weighted by atomic mass is 9.74. The lowest BCUT2D eigenvalue weighted by Gasteiger charge is -2.35. The molecule has 0 saturated carbocycles. The van der Waals surface area contributed by atoms with Crippen LogP contribution in [0.5, 0.6) is 5.75 Å². The van der Waals surface area contributed by atoms with Gasteiger partial charge in [-0.15, -0.1) is 0 Å². The topological polar surface area (TPSA) is 38.3 Å². The van der Waals surface area contributed by atoms with Gasteiger partial charge in [0.2, 0.25) is 0 Å². The van der Waals surface area contributed by atoms with E-state index in [1.54, 1.807) is 7.11 Å². The lowest BCUT2D eigenvalue weighted by molar-refractivity contribution is -0.116. The molecule has 0 spiro atoms. The highest BCUT2D eigenvalue weighted by Gasteiger charge is 2.35. The van der Waals surface area contributed by atoms with Crippen LogP contribution in [0.4, 0.5) is 5.69 Å². The van der Waals surface area contributed by atoms with Crippen molar-refractivity contribution in [1.82, 2.24) is 0 Å². The Labute approximate surface area is 158 Å². The molecule has 134 valence electrons. The SMILES string of the molecule is COc1ccc([C@@H]2C3=C(CCCC3=O)Nc3ccc4ccccc4c32)cc1. The normalized spacial score (nSPS) is 18.7. The van der Waals surface area contributed by atoms with Crippen LogP contribution in [0.2, 0.25) is 0 Å². The van der Waals surface area contributed by atoms with E-state index in [9.17, 15) is 4.79 Å². The first-order valence-electron chi connectivity index (χ1n) is 9.45. The molecule has 0 aromatic heterocycles. The van der Waals surface area contributed by atoms with E-state index in [1.807, 2.05) is 12.1 Å². The highest BCUT2D eigenvalue weighted by atomic mass is 16.5. The van der Waals surface area contributed by atoms with Gasteiger partial charge in [0.15, 0.2) is 5.78 Å². The summed E-state index contributed by atoms with van der Waals surface area (Å²) in [5.74, 6) is 1.05. The third-order valence-corrected chi connectivity index (χ3v) is 5.74. The van der Waals surface area contributed by atoms with E-state index in [4.69, 9.17) is 4.74 Å². The van der Waals surface area contributed by atoms with Gasteiger partial charge in [-0.25, -0.2) is 0 Å². The minimum Gasteiger partial charge on any atom is -0.497 e. The fourth-order valence-electron chi connectivity index (χ4n) is 4.48. The van der Waals surface area contributed by atoms with Crippen molar-refractivity contribution in [2.45, 2.75) is 25.2 Å². The third kappa shape index (κ3) is 2.54. The van der Waals surface area contributed by atoms with Gasteiger partial charge in [-0.3, -0.25) is 4.79 Å². The lowest BCUT2D eigenvalue weighted by Crippen LogP contribution is -2.27. The number of allylic oxidation sites excluding steroid dienone is 2. The van der Waals surface area contributed by atoms with Crippen molar-refractivity contribution < 1.29 is 9.53 Å². The van der Waals surface area contributed by atoms with Crippen molar-refractivity contribution >= 4 is 22.2 Å². The van der Waals surface area contributed by atoms with E-state index < -0.39 is 0 Å². The van der Waals surface area contributed by atoms with Crippen LogP contribution in [0.3, 0.4) is 0 Å². The molecule has 3 aromatic carbocycles. The van der Waals surface area contributed by atoms with Crippen molar-refractivity contribution in [3.63, 3.8) is 0 Å². The van der Waals surface area contributed by atoms with E-state index in [2.05, 4.69) is 53.8 Å². The number of carbonyl (C=O) groups is 1. The van der Waals surface area contributed by atoms with Crippen molar-refractivity contribution in [3.8, 4) is 5.75 Å².